The number of benzene rings is 1. The molecule has 3 N–H and O–H groups in total. The van der Waals surface area contributed by atoms with Gasteiger partial charge in [-0.2, -0.15) is 0 Å². The van der Waals surface area contributed by atoms with Crippen LogP contribution in [0.5, 0.6) is 0 Å². The molecule has 0 radical (unpaired) electrons. The summed E-state index contributed by atoms with van der Waals surface area (Å²) in [5, 5.41) is 0.990. The van der Waals surface area contributed by atoms with Crippen LogP contribution >= 0.6 is 0 Å². The first kappa shape index (κ1) is 9.58. The van der Waals surface area contributed by atoms with Crippen molar-refractivity contribution in [3.63, 3.8) is 0 Å². The summed E-state index contributed by atoms with van der Waals surface area (Å²) >= 11 is 0. The fraction of sp³-hybridized carbons (Fsp3) is 0.182. The topological polar surface area (TPSA) is 68.1 Å². The number of fused-ring (bicyclic) bond motifs is 1. The Hall–Kier alpha value is -1.97. The number of carbonyl (C=O) groups is 1. The van der Waals surface area contributed by atoms with Crippen molar-refractivity contribution >= 4 is 23.1 Å². The molecule has 0 aliphatic heterocycles. The number of nitrogen functional groups attached to an aromatic ring is 1. The van der Waals surface area contributed by atoms with E-state index in [1.54, 1.807) is 0 Å². The Bertz CT molecular complexity index is 490. The molecule has 1 aromatic heterocycles. The van der Waals surface area contributed by atoms with Crippen molar-refractivity contribution in [3.8, 4) is 0 Å². The van der Waals surface area contributed by atoms with Gasteiger partial charge in [-0.05, 0) is 25.1 Å². The Balaban J connectivity index is 2.51. The minimum absolute atomic E-state index is 0.266. The molecule has 4 nitrogen and oxygen atoms in total. The lowest BCUT2D eigenvalue weighted by atomic mass is 10.1. The second kappa shape index (κ2) is 3.65. The Morgan fingerprint density at radius 1 is 1.53 bits per heavy atom. The number of H-pyrrole nitrogens is 1. The Morgan fingerprint density at radius 2 is 2.33 bits per heavy atom. The average molecular weight is 204 g/mol. The smallest absolute Gasteiger partial charge is 0.293 e. The summed E-state index contributed by atoms with van der Waals surface area (Å²) < 4.78 is 4.89. The second-order valence-corrected chi connectivity index (χ2v) is 3.42. The minimum Gasteiger partial charge on any atom is -0.460 e. The predicted molar refractivity (Wildman–Crippen MR) is 58.3 cm³/mol. The van der Waals surface area contributed by atoms with E-state index < -0.39 is 0 Å². The lowest BCUT2D eigenvalue weighted by molar-refractivity contribution is -0.133. The zero-order chi connectivity index (χ0) is 10.8. The van der Waals surface area contributed by atoms with Crippen molar-refractivity contribution in [1.29, 1.82) is 0 Å². The molecule has 4 heteroatoms. The zero-order valence-corrected chi connectivity index (χ0v) is 8.36. The summed E-state index contributed by atoms with van der Waals surface area (Å²) in [5.74, 6) is 0. The van der Waals surface area contributed by atoms with Gasteiger partial charge in [0.25, 0.3) is 6.47 Å². The summed E-state index contributed by atoms with van der Waals surface area (Å²) in [5.41, 5.74) is 8.32. The lowest BCUT2D eigenvalue weighted by Gasteiger charge is -2.07. The maximum absolute atomic E-state index is 10.3. The van der Waals surface area contributed by atoms with Crippen molar-refractivity contribution in [2.45, 2.75) is 13.0 Å². The van der Waals surface area contributed by atoms with E-state index in [1.165, 1.54) is 0 Å². The third-order valence-corrected chi connectivity index (χ3v) is 2.44. The fourth-order valence-electron chi connectivity index (χ4n) is 1.65. The van der Waals surface area contributed by atoms with E-state index in [4.69, 9.17) is 10.5 Å². The molecule has 0 aliphatic carbocycles. The summed E-state index contributed by atoms with van der Waals surface area (Å²) in [6.07, 6.45) is 1.57. The van der Waals surface area contributed by atoms with Crippen molar-refractivity contribution < 1.29 is 9.53 Å². The van der Waals surface area contributed by atoms with Crippen LogP contribution in [-0.4, -0.2) is 11.5 Å². The van der Waals surface area contributed by atoms with Gasteiger partial charge in [0, 0.05) is 28.4 Å². The summed E-state index contributed by atoms with van der Waals surface area (Å²) in [4.78, 5) is 13.4. The van der Waals surface area contributed by atoms with Gasteiger partial charge in [0.1, 0.15) is 6.10 Å². The summed E-state index contributed by atoms with van der Waals surface area (Å²) in [7, 11) is 0. The first-order valence-electron chi connectivity index (χ1n) is 4.68. The van der Waals surface area contributed by atoms with Gasteiger partial charge in [0.15, 0.2) is 0 Å². The number of nitrogens with one attached hydrogen (secondary N) is 1. The molecule has 1 aromatic carbocycles. The van der Waals surface area contributed by atoms with Crippen molar-refractivity contribution in [2.75, 3.05) is 5.73 Å². The maximum atomic E-state index is 10.3. The van der Waals surface area contributed by atoms with Gasteiger partial charge in [0.2, 0.25) is 0 Å². The highest BCUT2D eigenvalue weighted by Crippen LogP contribution is 2.27. The molecule has 0 spiro atoms. The van der Waals surface area contributed by atoms with Crippen LogP contribution in [0.25, 0.3) is 10.9 Å². The van der Waals surface area contributed by atoms with Crippen LogP contribution in [0.15, 0.2) is 24.4 Å². The van der Waals surface area contributed by atoms with E-state index in [0.717, 1.165) is 16.5 Å². The molecule has 78 valence electrons. The van der Waals surface area contributed by atoms with Crippen LogP contribution in [0.4, 0.5) is 5.69 Å². The van der Waals surface area contributed by atoms with Gasteiger partial charge in [0.05, 0.1) is 0 Å². The molecule has 0 amide bonds. The number of anilines is 1. The number of nitrogens with two attached hydrogens (primary N) is 1. The first-order valence-corrected chi connectivity index (χ1v) is 4.68. The number of hydrogen-bond donors (Lipinski definition) is 2. The summed E-state index contributed by atoms with van der Waals surface area (Å²) in [6.45, 7) is 2.27. The molecule has 15 heavy (non-hydrogen) atoms. The van der Waals surface area contributed by atoms with Crippen molar-refractivity contribution in [3.05, 3.63) is 30.0 Å². The quantitative estimate of drug-likeness (QED) is 0.593. The first-order chi connectivity index (χ1) is 7.22. The molecule has 2 rings (SSSR count). The number of rotatable bonds is 3. The SMILES string of the molecule is CC(OC=O)c1c[nH]c2ccc(N)cc12. The molecule has 0 saturated heterocycles. The third-order valence-electron chi connectivity index (χ3n) is 2.44. The molecule has 0 saturated carbocycles. The number of carbonyl (C=O) groups excluding carboxylic acids is 1. The van der Waals surface area contributed by atoms with Crippen LogP contribution in [0.1, 0.15) is 18.6 Å². The Labute approximate surface area is 87.0 Å². The molecule has 1 heterocycles. The largest absolute Gasteiger partial charge is 0.460 e. The minimum atomic E-state index is -0.266. The maximum Gasteiger partial charge on any atom is 0.293 e. The summed E-state index contributed by atoms with van der Waals surface area (Å²) in [6, 6.07) is 5.60. The van der Waals surface area contributed by atoms with Crippen molar-refractivity contribution in [2.24, 2.45) is 0 Å². The predicted octanol–water partition coefficient (Wildman–Crippen LogP) is 1.98. The molecular formula is C11H12N2O2. The lowest BCUT2D eigenvalue weighted by Crippen LogP contribution is -1.96. The van der Waals surface area contributed by atoms with Crippen LogP contribution < -0.4 is 5.73 Å². The van der Waals surface area contributed by atoms with Gasteiger partial charge in [-0.3, -0.25) is 4.79 Å². The van der Waals surface area contributed by atoms with Gasteiger partial charge in [-0.1, -0.05) is 0 Å². The molecule has 0 bridgehead atoms. The number of hydrogen-bond acceptors (Lipinski definition) is 3. The molecule has 2 aromatic rings. The van der Waals surface area contributed by atoms with E-state index in [9.17, 15) is 4.79 Å². The van der Waals surface area contributed by atoms with E-state index in [-0.39, 0.29) is 6.10 Å². The highest BCUT2D eigenvalue weighted by molar-refractivity contribution is 5.86. The highest BCUT2D eigenvalue weighted by Gasteiger charge is 2.11. The van der Waals surface area contributed by atoms with E-state index in [1.807, 2.05) is 31.3 Å². The molecular weight excluding hydrogens is 192 g/mol. The average Bonchev–Trinajstić information content (AvgIpc) is 2.60. The van der Waals surface area contributed by atoms with Gasteiger partial charge >= 0.3 is 0 Å². The molecule has 0 fully saturated rings. The van der Waals surface area contributed by atoms with Gasteiger partial charge in [-0.15, -0.1) is 0 Å². The van der Waals surface area contributed by atoms with E-state index >= 15 is 0 Å². The Morgan fingerprint density at radius 3 is 3.07 bits per heavy atom. The number of aromatic amines is 1. The van der Waals surface area contributed by atoms with Gasteiger partial charge in [-0.25, -0.2) is 0 Å². The second-order valence-electron chi connectivity index (χ2n) is 3.42. The molecule has 1 atom stereocenters. The number of aromatic nitrogens is 1. The van der Waals surface area contributed by atoms with Crippen LogP contribution in [0.2, 0.25) is 0 Å². The van der Waals surface area contributed by atoms with Crippen LogP contribution in [0.3, 0.4) is 0 Å². The van der Waals surface area contributed by atoms with E-state index in [0.29, 0.717) is 12.2 Å². The van der Waals surface area contributed by atoms with Gasteiger partial charge < -0.3 is 15.5 Å². The zero-order valence-electron chi connectivity index (χ0n) is 8.36. The normalized spacial score (nSPS) is 12.6. The highest BCUT2D eigenvalue weighted by atomic mass is 16.5. The third kappa shape index (κ3) is 1.66. The molecule has 1 unspecified atom stereocenters. The number of ether oxygens (including phenoxy) is 1. The fourth-order valence-corrected chi connectivity index (χ4v) is 1.65. The van der Waals surface area contributed by atoms with Crippen LogP contribution in [0, 0.1) is 0 Å². The van der Waals surface area contributed by atoms with E-state index in [2.05, 4.69) is 4.98 Å². The van der Waals surface area contributed by atoms with Crippen LogP contribution in [-0.2, 0) is 9.53 Å². The Kier molecular flexibility index (Phi) is 2.33. The monoisotopic (exact) mass is 204 g/mol. The van der Waals surface area contributed by atoms with Crippen molar-refractivity contribution in [1.82, 2.24) is 4.98 Å². The molecule has 0 aliphatic rings. The standard InChI is InChI=1S/C11H12N2O2/c1-7(15-6-14)10-5-13-11-3-2-8(12)4-9(10)11/h2-7,13H,12H2,1H3.